The van der Waals surface area contributed by atoms with Crippen LogP contribution in [-0.4, -0.2) is 9.97 Å². The van der Waals surface area contributed by atoms with Gasteiger partial charge in [0.2, 0.25) is 0 Å². The van der Waals surface area contributed by atoms with Gasteiger partial charge in [0.25, 0.3) is 0 Å². The van der Waals surface area contributed by atoms with Crippen LogP contribution in [0.15, 0.2) is 30.6 Å². The summed E-state index contributed by atoms with van der Waals surface area (Å²) in [6.07, 6.45) is 1.41. The van der Waals surface area contributed by atoms with Crippen molar-refractivity contribution in [1.82, 2.24) is 9.97 Å². The monoisotopic (exact) mass is 234 g/mol. The van der Waals surface area contributed by atoms with Crippen LogP contribution in [0.4, 0.5) is 17.3 Å². The van der Waals surface area contributed by atoms with Crippen LogP contribution in [0.25, 0.3) is 0 Å². The van der Waals surface area contributed by atoms with Gasteiger partial charge in [0.15, 0.2) is 0 Å². The van der Waals surface area contributed by atoms with Gasteiger partial charge in [-0.05, 0) is 24.6 Å². The molecule has 0 bridgehead atoms. The first kappa shape index (κ1) is 10.7. The van der Waals surface area contributed by atoms with E-state index in [1.54, 1.807) is 6.07 Å². The Hall–Kier alpha value is -1.81. The minimum Gasteiger partial charge on any atom is -0.384 e. The van der Waals surface area contributed by atoms with E-state index in [2.05, 4.69) is 15.3 Å². The third-order valence-corrected chi connectivity index (χ3v) is 2.63. The van der Waals surface area contributed by atoms with Crippen molar-refractivity contribution in [3.8, 4) is 0 Å². The largest absolute Gasteiger partial charge is 0.384 e. The van der Waals surface area contributed by atoms with Crippen molar-refractivity contribution in [3.63, 3.8) is 0 Å². The fourth-order valence-electron chi connectivity index (χ4n) is 1.32. The predicted octanol–water partition coefficient (Wildman–Crippen LogP) is 2.76. The molecule has 0 atom stereocenters. The molecule has 1 aromatic heterocycles. The Labute approximate surface area is 98.5 Å². The van der Waals surface area contributed by atoms with Crippen molar-refractivity contribution in [2.45, 2.75) is 6.92 Å². The molecule has 0 fully saturated rings. The molecule has 0 spiro atoms. The van der Waals surface area contributed by atoms with Gasteiger partial charge in [-0.25, -0.2) is 9.97 Å². The highest BCUT2D eigenvalue weighted by Crippen LogP contribution is 2.25. The molecular formula is C11H11ClN4. The first-order valence-electron chi connectivity index (χ1n) is 4.76. The number of aromatic nitrogens is 2. The average molecular weight is 235 g/mol. The molecule has 0 aliphatic rings. The van der Waals surface area contributed by atoms with E-state index in [0.29, 0.717) is 16.7 Å². The third-order valence-electron chi connectivity index (χ3n) is 2.22. The maximum atomic E-state index is 6.01. The molecule has 3 N–H and O–H groups in total. The summed E-state index contributed by atoms with van der Waals surface area (Å²) in [6, 6.07) is 7.32. The van der Waals surface area contributed by atoms with E-state index in [-0.39, 0.29) is 0 Å². The molecule has 0 radical (unpaired) electrons. The Morgan fingerprint density at radius 1 is 1.31 bits per heavy atom. The SMILES string of the molecule is Cc1c(Cl)cccc1Nc1cc(N)ncn1. The molecule has 0 saturated carbocycles. The lowest BCUT2D eigenvalue weighted by Gasteiger charge is -2.09. The van der Waals surface area contributed by atoms with E-state index in [4.69, 9.17) is 17.3 Å². The predicted molar refractivity (Wildman–Crippen MR) is 65.9 cm³/mol. The second kappa shape index (κ2) is 4.37. The fraction of sp³-hybridized carbons (Fsp3) is 0.0909. The van der Waals surface area contributed by atoms with E-state index in [1.807, 2.05) is 25.1 Å². The average Bonchev–Trinajstić information content (AvgIpc) is 2.25. The Morgan fingerprint density at radius 2 is 2.12 bits per heavy atom. The highest BCUT2D eigenvalue weighted by Gasteiger charge is 2.03. The molecule has 1 heterocycles. The number of nitrogens with zero attached hydrogens (tertiary/aromatic N) is 2. The molecule has 2 rings (SSSR count). The molecule has 0 aliphatic heterocycles. The van der Waals surface area contributed by atoms with Gasteiger partial charge in [0.05, 0.1) is 0 Å². The molecule has 16 heavy (non-hydrogen) atoms. The summed E-state index contributed by atoms with van der Waals surface area (Å²) in [4.78, 5) is 7.88. The number of nitrogens with two attached hydrogens (primary N) is 1. The van der Waals surface area contributed by atoms with Crippen LogP contribution in [0, 0.1) is 6.92 Å². The van der Waals surface area contributed by atoms with E-state index in [0.717, 1.165) is 11.3 Å². The maximum Gasteiger partial charge on any atom is 0.135 e. The van der Waals surface area contributed by atoms with Gasteiger partial charge < -0.3 is 11.1 Å². The second-order valence-electron chi connectivity index (χ2n) is 3.37. The van der Waals surface area contributed by atoms with E-state index in [1.165, 1.54) is 6.33 Å². The summed E-state index contributed by atoms with van der Waals surface area (Å²) in [6.45, 7) is 1.94. The van der Waals surface area contributed by atoms with Crippen LogP contribution in [0.1, 0.15) is 5.56 Å². The topological polar surface area (TPSA) is 63.8 Å². The van der Waals surface area contributed by atoms with Gasteiger partial charge in [-0.15, -0.1) is 0 Å². The highest BCUT2D eigenvalue weighted by atomic mass is 35.5. The molecule has 82 valence electrons. The molecule has 2 aromatic rings. The molecule has 0 amide bonds. The number of benzene rings is 1. The van der Waals surface area contributed by atoms with E-state index < -0.39 is 0 Å². The lowest BCUT2D eigenvalue weighted by Crippen LogP contribution is -1.98. The van der Waals surface area contributed by atoms with Gasteiger partial charge in [-0.1, -0.05) is 17.7 Å². The maximum absolute atomic E-state index is 6.01. The zero-order valence-corrected chi connectivity index (χ0v) is 9.49. The number of rotatable bonds is 2. The standard InChI is InChI=1S/C11H11ClN4/c1-7-8(12)3-2-4-9(7)16-11-5-10(13)14-6-15-11/h2-6H,1H3,(H3,13,14,15,16). The zero-order chi connectivity index (χ0) is 11.5. The summed E-state index contributed by atoms with van der Waals surface area (Å²) >= 11 is 6.01. The molecule has 5 heteroatoms. The Balaban J connectivity index is 2.31. The van der Waals surface area contributed by atoms with E-state index >= 15 is 0 Å². The summed E-state index contributed by atoms with van der Waals surface area (Å²) in [5.74, 6) is 1.08. The van der Waals surface area contributed by atoms with Crippen LogP contribution in [0.3, 0.4) is 0 Å². The number of nitrogen functional groups attached to an aromatic ring is 1. The van der Waals surface area contributed by atoms with Crippen LogP contribution >= 0.6 is 11.6 Å². The molecular weight excluding hydrogens is 224 g/mol. The van der Waals surface area contributed by atoms with Crippen molar-refractivity contribution in [1.29, 1.82) is 0 Å². The van der Waals surface area contributed by atoms with Crippen molar-refractivity contribution in [3.05, 3.63) is 41.2 Å². The Kier molecular flexibility index (Phi) is 2.92. The molecule has 1 aromatic carbocycles. The summed E-state index contributed by atoms with van der Waals surface area (Å²) in [5.41, 5.74) is 7.44. The summed E-state index contributed by atoms with van der Waals surface area (Å²) in [5, 5.41) is 3.85. The van der Waals surface area contributed by atoms with Gasteiger partial charge in [-0.2, -0.15) is 0 Å². The minimum atomic E-state index is 0.428. The van der Waals surface area contributed by atoms with Gasteiger partial charge >= 0.3 is 0 Å². The number of hydrogen-bond donors (Lipinski definition) is 2. The molecule has 0 aliphatic carbocycles. The Morgan fingerprint density at radius 3 is 2.88 bits per heavy atom. The first-order valence-corrected chi connectivity index (χ1v) is 5.14. The zero-order valence-electron chi connectivity index (χ0n) is 8.74. The number of hydrogen-bond acceptors (Lipinski definition) is 4. The fourth-order valence-corrected chi connectivity index (χ4v) is 1.50. The number of halogens is 1. The lowest BCUT2D eigenvalue weighted by molar-refractivity contribution is 1.17. The van der Waals surface area contributed by atoms with Crippen molar-refractivity contribution in [2.24, 2.45) is 0 Å². The second-order valence-corrected chi connectivity index (χ2v) is 3.77. The number of nitrogens with one attached hydrogen (secondary N) is 1. The van der Waals surface area contributed by atoms with Crippen molar-refractivity contribution >= 4 is 28.9 Å². The van der Waals surface area contributed by atoms with Crippen LogP contribution in [0.2, 0.25) is 5.02 Å². The van der Waals surface area contributed by atoms with Crippen molar-refractivity contribution < 1.29 is 0 Å². The van der Waals surface area contributed by atoms with Crippen molar-refractivity contribution in [2.75, 3.05) is 11.1 Å². The number of anilines is 3. The lowest BCUT2D eigenvalue weighted by atomic mass is 10.2. The van der Waals surface area contributed by atoms with E-state index in [9.17, 15) is 0 Å². The molecule has 0 saturated heterocycles. The summed E-state index contributed by atoms with van der Waals surface area (Å²) in [7, 11) is 0. The smallest absolute Gasteiger partial charge is 0.135 e. The molecule has 4 nitrogen and oxygen atoms in total. The van der Waals surface area contributed by atoms with Gasteiger partial charge in [0.1, 0.15) is 18.0 Å². The highest BCUT2D eigenvalue weighted by molar-refractivity contribution is 6.31. The molecule has 0 unspecified atom stereocenters. The van der Waals surface area contributed by atoms with Crippen LogP contribution in [-0.2, 0) is 0 Å². The quantitative estimate of drug-likeness (QED) is 0.839. The van der Waals surface area contributed by atoms with Gasteiger partial charge in [-0.3, -0.25) is 0 Å². The summed E-state index contributed by atoms with van der Waals surface area (Å²) < 4.78 is 0. The normalized spacial score (nSPS) is 10.1. The van der Waals surface area contributed by atoms with Gasteiger partial charge in [0, 0.05) is 16.8 Å². The Bertz CT molecular complexity index is 513. The third kappa shape index (κ3) is 2.23. The first-order chi connectivity index (χ1) is 7.66. The minimum absolute atomic E-state index is 0.428. The van der Waals surface area contributed by atoms with Crippen LogP contribution in [0.5, 0.6) is 0 Å². The van der Waals surface area contributed by atoms with Crippen LogP contribution < -0.4 is 11.1 Å².